The Morgan fingerprint density at radius 3 is 2.45 bits per heavy atom. The van der Waals surface area contributed by atoms with E-state index in [9.17, 15) is 4.79 Å². The Hall–Kier alpha value is -1.71. The van der Waals surface area contributed by atoms with Crippen LogP contribution < -0.4 is 10.6 Å². The molecule has 2 amide bonds. The van der Waals surface area contributed by atoms with Crippen LogP contribution in [-0.4, -0.2) is 12.6 Å². The Balaban J connectivity index is 1.79. The number of urea groups is 1. The molecular formula is C15H14Cl2N2O. The van der Waals surface area contributed by atoms with E-state index in [0.29, 0.717) is 22.3 Å². The van der Waals surface area contributed by atoms with Crippen LogP contribution in [-0.2, 0) is 6.42 Å². The van der Waals surface area contributed by atoms with Crippen molar-refractivity contribution < 1.29 is 4.79 Å². The van der Waals surface area contributed by atoms with Gasteiger partial charge in [0, 0.05) is 12.2 Å². The smallest absolute Gasteiger partial charge is 0.319 e. The van der Waals surface area contributed by atoms with E-state index in [-0.39, 0.29) is 6.03 Å². The number of hydrogen-bond donors (Lipinski definition) is 2. The lowest BCUT2D eigenvalue weighted by molar-refractivity contribution is 0.252. The molecule has 0 saturated heterocycles. The standard InChI is InChI=1S/C15H14Cl2N2O/c16-13-7-6-12(10-14(13)17)19-15(20)18-9-8-11-4-2-1-3-5-11/h1-7,10H,8-9H2,(H2,18,19,20). The Bertz CT molecular complexity index is 588. The monoisotopic (exact) mass is 308 g/mol. The summed E-state index contributed by atoms with van der Waals surface area (Å²) in [6.45, 7) is 0.567. The lowest BCUT2D eigenvalue weighted by Crippen LogP contribution is -2.30. The van der Waals surface area contributed by atoms with Crippen LogP contribution in [0.15, 0.2) is 48.5 Å². The first-order valence-electron chi connectivity index (χ1n) is 6.19. The highest BCUT2D eigenvalue weighted by Crippen LogP contribution is 2.24. The van der Waals surface area contributed by atoms with Gasteiger partial charge in [0.2, 0.25) is 0 Å². The maximum absolute atomic E-state index is 11.7. The molecule has 0 spiro atoms. The minimum atomic E-state index is -0.265. The molecule has 2 rings (SSSR count). The van der Waals surface area contributed by atoms with Crippen LogP contribution in [0.3, 0.4) is 0 Å². The Morgan fingerprint density at radius 1 is 1.00 bits per heavy atom. The fourth-order valence-electron chi connectivity index (χ4n) is 1.71. The molecule has 0 unspecified atom stereocenters. The Morgan fingerprint density at radius 2 is 1.75 bits per heavy atom. The minimum Gasteiger partial charge on any atom is -0.338 e. The van der Waals surface area contributed by atoms with Crippen LogP contribution in [0.25, 0.3) is 0 Å². The van der Waals surface area contributed by atoms with Gasteiger partial charge < -0.3 is 10.6 Å². The summed E-state index contributed by atoms with van der Waals surface area (Å²) in [6, 6.07) is 14.7. The van der Waals surface area contributed by atoms with Crippen molar-refractivity contribution in [2.45, 2.75) is 6.42 Å². The van der Waals surface area contributed by atoms with Gasteiger partial charge in [-0.05, 0) is 30.2 Å². The Labute approximate surface area is 127 Å². The molecule has 2 N–H and O–H groups in total. The van der Waals surface area contributed by atoms with Crippen molar-refractivity contribution in [2.75, 3.05) is 11.9 Å². The molecule has 0 aliphatic carbocycles. The zero-order chi connectivity index (χ0) is 14.4. The highest BCUT2D eigenvalue weighted by molar-refractivity contribution is 6.42. The third kappa shape index (κ3) is 4.44. The molecule has 0 aliphatic heterocycles. The van der Waals surface area contributed by atoms with Crippen molar-refractivity contribution in [2.24, 2.45) is 0 Å². The zero-order valence-corrected chi connectivity index (χ0v) is 12.2. The number of amides is 2. The fraction of sp³-hybridized carbons (Fsp3) is 0.133. The normalized spacial score (nSPS) is 10.1. The highest BCUT2D eigenvalue weighted by Gasteiger charge is 2.03. The summed E-state index contributed by atoms with van der Waals surface area (Å²) in [5, 5.41) is 6.36. The first-order valence-corrected chi connectivity index (χ1v) is 6.94. The molecule has 0 aromatic heterocycles. The second kappa shape index (κ2) is 7.17. The van der Waals surface area contributed by atoms with E-state index < -0.39 is 0 Å². The van der Waals surface area contributed by atoms with Crippen LogP contribution in [0.2, 0.25) is 10.0 Å². The van der Waals surface area contributed by atoms with E-state index in [1.807, 2.05) is 30.3 Å². The third-order valence-corrected chi connectivity index (χ3v) is 3.46. The van der Waals surface area contributed by atoms with Crippen molar-refractivity contribution in [3.05, 3.63) is 64.1 Å². The maximum Gasteiger partial charge on any atom is 0.319 e. The van der Waals surface area contributed by atoms with Gasteiger partial charge in [0.15, 0.2) is 0 Å². The van der Waals surface area contributed by atoms with E-state index in [4.69, 9.17) is 23.2 Å². The van der Waals surface area contributed by atoms with Gasteiger partial charge in [0.25, 0.3) is 0 Å². The summed E-state index contributed by atoms with van der Waals surface area (Å²) >= 11 is 11.7. The van der Waals surface area contributed by atoms with Gasteiger partial charge in [0.1, 0.15) is 0 Å². The van der Waals surface area contributed by atoms with Gasteiger partial charge in [-0.15, -0.1) is 0 Å². The van der Waals surface area contributed by atoms with Crippen molar-refractivity contribution in [3.63, 3.8) is 0 Å². The van der Waals surface area contributed by atoms with Gasteiger partial charge in [-0.25, -0.2) is 4.79 Å². The van der Waals surface area contributed by atoms with Crippen molar-refractivity contribution >= 4 is 34.9 Å². The molecule has 0 radical (unpaired) electrons. The lowest BCUT2D eigenvalue weighted by atomic mass is 10.1. The average Bonchev–Trinajstić information content (AvgIpc) is 2.44. The SMILES string of the molecule is O=C(NCCc1ccccc1)Nc1ccc(Cl)c(Cl)c1. The summed E-state index contributed by atoms with van der Waals surface area (Å²) in [5.41, 5.74) is 1.79. The van der Waals surface area contributed by atoms with E-state index in [2.05, 4.69) is 10.6 Å². The van der Waals surface area contributed by atoms with Crippen LogP contribution in [0, 0.1) is 0 Å². The molecule has 3 nitrogen and oxygen atoms in total. The number of anilines is 1. The average molecular weight is 309 g/mol. The highest BCUT2D eigenvalue weighted by atomic mass is 35.5. The van der Waals surface area contributed by atoms with Crippen LogP contribution in [0.5, 0.6) is 0 Å². The molecule has 0 heterocycles. The quantitative estimate of drug-likeness (QED) is 0.866. The molecule has 5 heteroatoms. The lowest BCUT2D eigenvalue weighted by Gasteiger charge is -2.08. The number of halogens is 2. The summed E-state index contributed by atoms with van der Waals surface area (Å²) in [5.74, 6) is 0. The molecule has 20 heavy (non-hydrogen) atoms. The summed E-state index contributed by atoms with van der Waals surface area (Å²) < 4.78 is 0. The molecule has 0 atom stereocenters. The van der Waals surface area contributed by atoms with Gasteiger partial charge in [-0.2, -0.15) is 0 Å². The predicted octanol–water partition coefficient (Wildman–Crippen LogP) is 4.36. The van der Waals surface area contributed by atoms with E-state index in [1.54, 1.807) is 18.2 Å². The molecule has 0 saturated carbocycles. The van der Waals surface area contributed by atoms with Gasteiger partial charge in [0.05, 0.1) is 10.0 Å². The van der Waals surface area contributed by atoms with E-state index in [1.165, 1.54) is 5.56 Å². The zero-order valence-electron chi connectivity index (χ0n) is 10.7. The maximum atomic E-state index is 11.7. The molecule has 0 bridgehead atoms. The molecular weight excluding hydrogens is 295 g/mol. The largest absolute Gasteiger partial charge is 0.338 e. The van der Waals surface area contributed by atoms with Crippen molar-refractivity contribution in [1.29, 1.82) is 0 Å². The van der Waals surface area contributed by atoms with Gasteiger partial charge >= 0.3 is 6.03 Å². The summed E-state index contributed by atoms with van der Waals surface area (Å²) in [4.78, 5) is 11.7. The number of benzene rings is 2. The molecule has 0 fully saturated rings. The number of nitrogens with one attached hydrogen (secondary N) is 2. The minimum absolute atomic E-state index is 0.265. The molecule has 104 valence electrons. The third-order valence-electron chi connectivity index (χ3n) is 2.72. The predicted molar refractivity (Wildman–Crippen MR) is 83.6 cm³/mol. The first-order chi connectivity index (χ1) is 9.65. The summed E-state index contributed by atoms with van der Waals surface area (Å²) in [6.07, 6.45) is 0.787. The summed E-state index contributed by atoms with van der Waals surface area (Å²) in [7, 11) is 0. The molecule has 2 aromatic rings. The van der Waals surface area contributed by atoms with Crippen LogP contribution in [0.1, 0.15) is 5.56 Å². The second-order valence-electron chi connectivity index (χ2n) is 4.25. The second-order valence-corrected chi connectivity index (χ2v) is 5.06. The van der Waals surface area contributed by atoms with Crippen LogP contribution in [0.4, 0.5) is 10.5 Å². The van der Waals surface area contributed by atoms with Crippen molar-refractivity contribution in [1.82, 2.24) is 5.32 Å². The number of carbonyl (C=O) groups is 1. The molecule has 0 aliphatic rings. The number of carbonyl (C=O) groups excluding carboxylic acids is 1. The van der Waals surface area contributed by atoms with Gasteiger partial charge in [-0.1, -0.05) is 53.5 Å². The van der Waals surface area contributed by atoms with Crippen LogP contribution >= 0.6 is 23.2 Å². The van der Waals surface area contributed by atoms with E-state index >= 15 is 0 Å². The van der Waals surface area contributed by atoms with Crippen molar-refractivity contribution in [3.8, 4) is 0 Å². The molecule has 2 aromatic carbocycles. The van der Waals surface area contributed by atoms with E-state index in [0.717, 1.165) is 6.42 Å². The fourth-order valence-corrected chi connectivity index (χ4v) is 2.01. The number of rotatable bonds is 4. The topological polar surface area (TPSA) is 41.1 Å². The number of hydrogen-bond acceptors (Lipinski definition) is 1. The Kier molecular flexibility index (Phi) is 5.27. The first kappa shape index (κ1) is 14.7. The van der Waals surface area contributed by atoms with Gasteiger partial charge in [-0.3, -0.25) is 0 Å².